The Labute approximate surface area is 122 Å². The maximum absolute atomic E-state index is 6.04. The molecule has 0 aliphatic carbocycles. The summed E-state index contributed by atoms with van der Waals surface area (Å²) in [7, 11) is 0. The lowest BCUT2D eigenvalue weighted by Crippen LogP contribution is -2.16. The van der Waals surface area contributed by atoms with Crippen molar-refractivity contribution in [1.29, 1.82) is 0 Å². The van der Waals surface area contributed by atoms with Crippen molar-refractivity contribution in [2.75, 3.05) is 0 Å². The van der Waals surface area contributed by atoms with E-state index in [2.05, 4.69) is 9.97 Å². The van der Waals surface area contributed by atoms with Gasteiger partial charge in [0.15, 0.2) is 0 Å². The maximum atomic E-state index is 6.04. The van der Waals surface area contributed by atoms with Crippen molar-refractivity contribution in [2.24, 2.45) is 0 Å². The van der Waals surface area contributed by atoms with E-state index in [0.717, 1.165) is 0 Å². The number of benzene rings is 1. The van der Waals surface area contributed by atoms with Crippen LogP contribution in [0.3, 0.4) is 0 Å². The highest BCUT2D eigenvalue weighted by molar-refractivity contribution is 6.32. The number of ether oxygens (including phenoxy) is 1. The van der Waals surface area contributed by atoms with Gasteiger partial charge in [0, 0.05) is 11.5 Å². The zero-order valence-corrected chi connectivity index (χ0v) is 12.5. The molecule has 0 amide bonds. The molecule has 0 N–H and O–H groups in total. The predicted molar refractivity (Wildman–Crippen MR) is 77.3 cm³/mol. The number of aromatic nitrogens is 2. The van der Waals surface area contributed by atoms with E-state index in [9.17, 15) is 0 Å². The van der Waals surface area contributed by atoms with E-state index in [-0.39, 0.29) is 5.41 Å². The smallest absolute Gasteiger partial charge is 0.224 e. The lowest BCUT2D eigenvalue weighted by Gasteiger charge is -2.17. The van der Waals surface area contributed by atoms with Crippen LogP contribution in [-0.2, 0) is 5.41 Å². The number of halogens is 2. The summed E-state index contributed by atoms with van der Waals surface area (Å²) >= 11 is 12.0. The summed E-state index contributed by atoms with van der Waals surface area (Å²) in [5, 5.41) is 0.872. The van der Waals surface area contributed by atoms with Crippen molar-refractivity contribution >= 4 is 23.2 Å². The van der Waals surface area contributed by atoms with Crippen LogP contribution in [-0.4, -0.2) is 9.97 Å². The van der Waals surface area contributed by atoms with E-state index >= 15 is 0 Å². The summed E-state index contributed by atoms with van der Waals surface area (Å²) in [6.45, 7) is 6.04. The zero-order valence-electron chi connectivity index (χ0n) is 10.9. The molecule has 0 unspecified atom stereocenters. The highest BCUT2D eigenvalue weighted by Gasteiger charge is 2.19. The normalized spacial score (nSPS) is 11.4. The molecule has 0 saturated heterocycles. The molecular weight excluding hydrogens is 283 g/mol. The largest absolute Gasteiger partial charge is 0.437 e. The fraction of sp³-hybridized carbons (Fsp3) is 0.286. The average Bonchev–Trinajstić information content (AvgIpc) is 2.30. The molecule has 0 saturated carbocycles. The first-order valence-electron chi connectivity index (χ1n) is 5.84. The van der Waals surface area contributed by atoms with E-state index in [1.165, 1.54) is 0 Å². The van der Waals surface area contributed by atoms with Crippen LogP contribution in [0.5, 0.6) is 11.6 Å². The molecule has 1 aromatic carbocycles. The van der Waals surface area contributed by atoms with Gasteiger partial charge in [0.25, 0.3) is 0 Å². The molecule has 1 heterocycles. The molecule has 0 aliphatic heterocycles. The van der Waals surface area contributed by atoms with Gasteiger partial charge in [0.2, 0.25) is 5.88 Å². The quantitative estimate of drug-likeness (QED) is 0.741. The molecule has 100 valence electrons. The van der Waals surface area contributed by atoms with E-state index < -0.39 is 0 Å². The zero-order chi connectivity index (χ0) is 14.0. The minimum absolute atomic E-state index is 0.205. The Morgan fingerprint density at radius 2 is 1.74 bits per heavy atom. The van der Waals surface area contributed by atoms with Crippen molar-refractivity contribution in [2.45, 2.75) is 26.2 Å². The van der Waals surface area contributed by atoms with E-state index in [4.69, 9.17) is 27.9 Å². The second-order valence-corrected chi connectivity index (χ2v) is 5.93. The molecule has 0 spiro atoms. The summed E-state index contributed by atoms with van der Waals surface area (Å²) in [6, 6.07) is 8.77. The molecule has 0 radical (unpaired) electrons. The van der Waals surface area contributed by atoms with Crippen LogP contribution in [0.2, 0.25) is 10.2 Å². The van der Waals surface area contributed by atoms with Gasteiger partial charge in [-0.1, -0.05) is 56.1 Å². The summed E-state index contributed by atoms with van der Waals surface area (Å²) in [6.07, 6.45) is 0. The lowest BCUT2D eigenvalue weighted by atomic mass is 9.96. The van der Waals surface area contributed by atoms with Gasteiger partial charge in [-0.15, -0.1) is 0 Å². The summed E-state index contributed by atoms with van der Waals surface area (Å²) in [4.78, 5) is 8.58. The Morgan fingerprint density at radius 3 is 2.37 bits per heavy atom. The SMILES string of the molecule is CC(C)(C)c1nc(Cl)cc(Oc2ccccc2Cl)n1. The predicted octanol–water partition coefficient (Wildman–Crippen LogP) is 4.87. The van der Waals surface area contributed by atoms with Gasteiger partial charge in [-0.2, -0.15) is 4.98 Å². The first kappa shape index (κ1) is 14.1. The minimum Gasteiger partial charge on any atom is -0.437 e. The molecule has 3 nitrogen and oxygen atoms in total. The summed E-state index contributed by atoms with van der Waals surface area (Å²) in [5.74, 6) is 1.55. The fourth-order valence-electron chi connectivity index (χ4n) is 1.42. The topological polar surface area (TPSA) is 35.0 Å². The average molecular weight is 297 g/mol. The number of hydrogen-bond donors (Lipinski definition) is 0. The van der Waals surface area contributed by atoms with Crippen molar-refractivity contribution in [3.8, 4) is 11.6 Å². The molecule has 0 aliphatic rings. The van der Waals surface area contributed by atoms with Crippen LogP contribution < -0.4 is 4.74 Å². The minimum atomic E-state index is -0.205. The van der Waals surface area contributed by atoms with Crippen molar-refractivity contribution in [1.82, 2.24) is 9.97 Å². The van der Waals surface area contributed by atoms with Gasteiger partial charge in [-0.25, -0.2) is 4.98 Å². The van der Waals surface area contributed by atoms with Crippen molar-refractivity contribution in [3.63, 3.8) is 0 Å². The summed E-state index contributed by atoms with van der Waals surface area (Å²) < 4.78 is 5.66. The number of rotatable bonds is 2. The van der Waals surface area contributed by atoms with E-state index in [1.807, 2.05) is 32.9 Å². The van der Waals surface area contributed by atoms with E-state index in [1.54, 1.807) is 18.2 Å². The molecule has 2 rings (SSSR count). The van der Waals surface area contributed by atoms with Gasteiger partial charge in [0.05, 0.1) is 5.02 Å². The van der Waals surface area contributed by atoms with Gasteiger partial charge in [-0.05, 0) is 12.1 Å². The van der Waals surface area contributed by atoms with Crippen LogP contribution in [0.1, 0.15) is 26.6 Å². The third-order valence-electron chi connectivity index (χ3n) is 2.39. The molecule has 0 atom stereocenters. The molecule has 2 aromatic rings. The van der Waals surface area contributed by atoms with E-state index in [0.29, 0.717) is 27.6 Å². The second-order valence-electron chi connectivity index (χ2n) is 5.13. The molecular formula is C14H14Cl2N2O. The summed E-state index contributed by atoms with van der Waals surface area (Å²) in [5.41, 5.74) is -0.205. The Kier molecular flexibility index (Phi) is 3.97. The first-order valence-corrected chi connectivity index (χ1v) is 6.59. The number of para-hydroxylation sites is 1. The molecule has 5 heteroatoms. The van der Waals surface area contributed by atoms with Crippen molar-refractivity contribution < 1.29 is 4.74 Å². The molecule has 0 fully saturated rings. The highest BCUT2D eigenvalue weighted by Crippen LogP contribution is 2.30. The number of hydrogen-bond acceptors (Lipinski definition) is 3. The Balaban J connectivity index is 2.36. The Hall–Kier alpha value is -1.32. The van der Waals surface area contributed by atoms with Gasteiger partial charge in [-0.3, -0.25) is 0 Å². The maximum Gasteiger partial charge on any atom is 0.224 e. The van der Waals surface area contributed by atoms with Gasteiger partial charge in [0.1, 0.15) is 16.7 Å². The second kappa shape index (κ2) is 5.35. The standard InChI is InChI=1S/C14H14Cl2N2O/c1-14(2,3)13-17-11(16)8-12(18-13)19-10-7-5-4-6-9(10)15/h4-8H,1-3H3. The van der Waals surface area contributed by atoms with Crippen LogP contribution in [0.25, 0.3) is 0 Å². The molecule has 0 bridgehead atoms. The van der Waals surface area contributed by atoms with Crippen LogP contribution >= 0.6 is 23.2 Å². The lowest BCUT2D eigenvalue weighted by molar-refractivity contribution is 0.446. The van der Waals surface area contributed by atoms with Crippen LogP contribution in [0.15, 0.2) is 30.3 Å². The third kappa shape index (κ3) is 3.58. The van der Waals surface area contributed by atoms with Crippen LogP contribution in [0, 0.1) is 0 Å². The van der Waals surface area contributed by atoms with Gasteiger partial charge < -0.3 is 4.74 Å². The number of nitrogens with zero attached hydrogens (tertiary/aromatic N) is 2. The monoisotopic (exact) mass is 296 g/mol. The van der Waals surface area contributed by atoms with Crippen molar-refractivity contribution in [3.05, 3.63) is 46.3 Å². The molecule has 1 aromatic heterocycles. The van der Waals surface area contributed by atoms with Crippen LogP contribution in [0.4, 0.5) is 0 Å². The Morgan fingerprint density at radius 1 is 1.05 bits per heavy atom. The Bertz CT molecular complexity index is 594. The third-order valence-corrected chi connectivity index (χ3v) is 2.90. The van der Waals surface area contributed by atoms with Gasteiger partial charge >= 0.3 is 0 Å². The highest BCUT2D eigenvalue weighted by atomic mass is 35.5. The first-order chi connectivity index (χ1) is 8.86. The fourth-order valence-corrected chi connectivity index (χ4v) is 1.77. The molecule has 19 heavy (non-hydrogen) atoms.